The van der Waals surface area contributed by atoms with Crippen molar-refractivity contribution in [2.24, 2.45) is 5.41 Å². The molecule has 2 saturated carbocycles. The van der Waals surface area contributed by atoms with Gasteiger partial charge in [0.1, 0.15) is 0 Å². The summed E-state index contributed by atoms with van der Waals surface area (Å²) in [4.78, 5) is 0. The minimum absolute atomic E-state index is 0.544. The average molecular weight is 233 g/mol. The van der Waals surface area contributed by atoms with Crippen LogP contribution in [-0.4, -0.2) is 12.1 Å². The van der Waals surface area contributed by atoms with Crippen molar-refractivity contribution < 1.29 is 0 Å². The van der Waals surface area contributed by atoms with Crippen LogP contribution in [0.1, 0.15) is 71.1 Å². The Labute approximate surface area is 107 Å². The first-order valence-corrected chi connectivity index (χ1v) is 7.47. The highest BCUT2D eigenvalue weighted by Gasteiger charge is 2.37. The Bertz CT molecular complexity index is 260. The van der Waals surface area contributed by atoms with Gasteiger partial charge in [0.2, 0.25) is 0 Å². The second-order valence-electron chi connectivity index (χ2n) is 6.16. The second-order valence-corrected chi connectivity index (χ2v) is 6.16. The molecule has 0 amide bonds. The maximum Gasteiger partial charge on any atom is 0.0240 e. The summed E-state index contributed by atoms with van der Waals surface area (Å²) in [5, 5.41) is 3.77. The Morgan fingerprint density at radius 1 is 1.24 bits per heavy atom. The zero-order valence-electron chi connectivity index (χ0n) is 11.3. The van der Waals surface area contributed by atoms with Gasteiger partial charge in [0.25, 0.3) is 0 Å². The van der Waals surface area contributed by atoms with Crippen LogP contribution in [-0.2, 0) is 0 Å². The van der Waals surface area contributed by atoms with Crippen molar-refractivity contribution in [2.45, 2.75) is 83.2 Å². The van der Waals surface area contributed by atoms with Gasteiger partial charge in [-0.3, -0.25) is 0 Å². The van der Waals surface area contributed by atoms with E-state index in [1.54, 1.807) is 0 Å². The lowest BCUT2D eigenvalue weighted by molar-refractivity contribution is 0.162. The Kier molecular flexibility index (Phi) is 4.51. The van der Waals surface area contributed by atoms with E-state index in [1.807, 2.05) is 0 Å². The topological polar surface area (TPSA) is 12.0 Å². The fourth-order valence-corrected chi connectivity index (χ4v) is 3.82. The maximum absolute atomic E-state index is 5.41. The van der Waals surface area contributed by atoms with E-state index in [-0.39, 0.29) is 0 Å². The zero-order chi connectivity index (χ0) is 12.1. The lowest BCUT2D eigenvalue weighted by atomic mass is 9.71. The largest absolute Gasteiger partial charge is 0.310 e. The Balaban J connectivity index is 1.77. The van der Waals surface area contributed by atoms with E-state index in [4.69, 9.17) is 6.42 Å². The molecule has 1 unspecified atom stereocenters. The molecule has 0 aromatic carbocycles. The molecule has 2 fully saturated rings. The first-order valence-electron chi connectivity index (χ1n) is 7.47. The van der Waals surface area contributed by atoms with Gasteiger partial charge < -0.3 is 5.32 Å². The monoisotopic (exact) mass is 233 g/mol. The number of terminal acetylenes is 1. The first-order chi connectivity index (χ1) is 8.28. The van der Waals surface area contributed by atoms with Crippen LogP contribution in [0.5, 0.6) is 0 Å². The van der Waals surface area contributed by atoms with Crippen LogP contribution in [0.15, 0.2) is 0 Å². The molecule has 2 aliphatic rings. The average Bonchev–Trinajstić information content (AvgIpc) is 2.80. The molecule has 0 aliphatic heterocycles. The van der Waals surface area contributed by atoms with Crippen LogP contribution in [0, 0.1) is 17.8 Å². The molecule has 1 nitrogen and oxygen atoms in total. The van der Waals surface area contributed by atoms with Crippen molar-refractivity contribution in [2.75, 3.05) is 0 Å². The van der Waals surface area contributed by atoms with Crippen LogP contribution in [0.25, 0.3) is 0 Å². The van der Waals surface area contributed by atoms with E-state index < -0.39 is 0 Å². The minimum Gasteiger partial charge on any atom is -0.310 e. The lowest BCUT2D eigenvalue weighted by Gasteiger charge is -2.38. The number of hydrogen-bond donors (Lipinski definition) is 1. The van der Waals surface area contributed by atoms with Gasteiger partial charge >= 0.3 is 0 Å². The summed E-state index contributed by atoms with van der Waals surface area (Å²) in [7, 11) is 0. The minimum atomic E-state index is 0.544. The highest BCUT2D eigenvalue weighted by Crippen LogP contribution is 2.48. The molecular weight excluding hydrogens is 206 g/mol. The van der Waals surface area contributed by atoms with E-state index in [2.05, 4.69) is 18.2 Å². The molecule has 1 N–H and O–H groups in total. The summed E-state index contributed by atoms with van der Waals surface area (Å²) >= 11 is 0. The fourth-order valence-electron chi connectivity index (χ4n) is 3.82. The molecule has 0 aromatic heterocycles. The van der Waals surface area contributed by atoms with E-state index in [0.717, 1.165) is 24.3 Å². The molecule has 2 rings (SSSR count). The summed E-state index contributed by atoms with van der Waals surface area (Å²) in [6.45, 7) is 2.23. The third-order valence-corrected chi connectivity index (χ3v) is 5.04. The van der Waals surface area contributed by atoms with Crippen molar-refractivity contribution in [3.05, 3.63) is 0 Å². The molecule has 0 radical (unpaired) electrons. The Morgan fingerprint density at radius 2 is 1.88 bits per heavy atom. The van der Waals surface area contributed by atoms with Gasteiger partial charge in [0, 0.05) is 18.5 Å². The molecular formula is C16H27N. The van der Waals surface area contributed by atoms with Crippen molar-refractivity contribution in [1.82, 2.24) is 5.32 Å². The SMILES string of the molecule is C#CCC(CC)NC1CCC2(CCCC2)CC1. The van der Waals surface area contributed by atoms with Crippen LogP contribution in [0.3, 0.4) is 0 Å². The van der Waals surface area contributed by atoms with Gasteiger partial charge in [-0.2, -0.15) is 0 Å². The molecule has 17 heavy (non-hydrogen) atoms. The molecule has 1 atom stereocenters. The van der Waals surface area contributed by atoms with Gasteiger partial charge in [0.05, 0.1) is 0 Å². The normalized spacial score (nSPS) is 25.9. The summed E-state index contributed by atoms with van der Waals surface area (Å²) < 4.78 is 0. The van der Waals surface area contributed by atoms with E-state index >= 15 is 0 Å². The van der Waals surface area contributed by atoms with Crippen molar-refractivity contribution in [1.29, 1.82) is 0 Å². The van der Waals surface area contributed by atoms with Gasteiger partial charge in [-0.25, -0.2) is 0 Å². The van der Waals surface area contributed by atoms with Crippen LogP contribution in [0.4, 0.5) is 0 Å². The highest BCUT2D eigenvalue weighted by molar-refractivity contribution is 4.94. The van der Waals surface area contributed by atoms with Crippen molar-refractivity contribution >= 4 is 0 Å². The maximum atomic E-state index is 5.41. The lowest BCUT2D eigenvalue weighted by Crippen LogP contribution is -2.42. The Morgan fingerprint density at radius 3 is 2.41 bits per heavy atom. The van der Waals surface area contributed by atoms with Crippen LogP contribution in [0.2, 0.25) is 0 Å². The molecule has 2 aliphatic carbocycles. The van der Waals surface area contributed by atoms with Gasteiger partial charge in [-0.05, 0) is 50.4 Å². The molecule has 0 saturated heterocycles. The molecule has 1 spiro atoms. The fraction of sp³-hybridized carbons (Fsp3) is 0.875. The van der Waals surface area contributed by atoms with Crippen molar-refractivity contribution in [3.63, 3.8) is 0 Å². The zero-order valence-corrected chi connectivity index (χ0v) is 11.3. The molecule has 0 bridgehead atoms. The second kappa shape index (κ2) is 5.91. The van der Waals surface area contributed by atoms with Crippen LogP contribution >= 0.6 is 0 Å². The predicted molar refractivity (Wildman–Crippen MR) is 73.8 cm³/mol. The van der Waals surface area contributed by atoms with E-state index in [9.17, 15) is 0 Å². The summed E-state index contributed by atoms with van der Waals surface area (Å²) in [5.41, 5.74) is 0.756. The number of rotatable bonds is 4. The summed E-state index contributed by atoms with van der Waals surface area (Å²) in [5.74, 6) is 2.79. The van der Waals surface area contributed by atoms with Gasteiger partial charge in [-0.1, -0.05) is 19.8 Å². The standard InChI is InChI=1S/C16H27N/c1-3-7-14(4-2)17-15-8-12-16(13-9-15)10-5-6-11-16/h1,14-15,17H,4-13H2,2H3. The quantitative estimate of drug-likeness (QED) is 0.727. The first kappa shape index (κ1) is 13.0. The van der Waals surface area contributed by atoms with E-state index in [1.165, 1.54) is 51.4 Å². The molecule has 0 aromatic rings. The highest BCUT2D eigenvalue weighted by atomic mass is 14.9. The van der Waals surface area contributed by atoms with Gasteiger partial charge in [-0.15, -0.1) is 12.3 Å². The third-order valence-electron chi connectivity index (χ3n) is 5.04. The molecule has 0 heterocycles. The Hall–Kier alpha value is -0.480. The smallest absolute Gasteiger partial charge is 0.0240 e. The van der Waals surface area contributed by atoms with Gasteiger partial charge in [0.15, 0.2) is 0 Å². The van der Waals surface area contributed by atoms with E-state index in [0.29, 0.717) is 6.04 Å². The predicted octanol–water partition coefficient (Wildman–Crippen LogP) is 3.88. The summed E-state index contributed by atoms with van der Waals surface area (Å²) in [6.07, 6.45) is 19.1. The van der Waals surface area contributed by atoms with Crippen molar-refractivity contribution in [3.8, 4) is 12.3 Å². The third kappa shape index (κ3) is 3.26. The van der Waals surface area contributed by atoms with Crippen LogP contribution < -0.4 is 5.32 Å². The number of nitrogens with one attached hydrogen (secondary N) is 1. The molecule has 1 heteroatoms. The number of hydrogen-bond acceptors (Lipinski definition) is 1. The molecule has 96 valence electrons. The summed E-state index contributed by atoms with van der Waals surface area (Å²) in [6, 6.07) is 1.28.